The van der Waals surface area contributed by atoms with Crippen molar-refractivity contribution in [2.45, 2.75) is 46.0 Å². The number of nitrogens with zero attached hydrogens (tertiary/aromatic N) is 3. The molecule has 0 unspecified atom stereocenters. The van der Waals surface area contributed by atoms with Gasteiger partial charge in [-0.2, -0.15) is 5.10 Å². The van der Waals surface area contributed by atoms with E-state index in [1.807, 2.05) is 0 Å². The van der Waals surface area contributed by atoms with Crippen LogP contribution in [-0.2, 0) is 21.4 Å². The van der Waals surface area contributed by atoms with Crippen LogP contribution in [0.1, 0.15) is 56.3 Å². The topological polar surface area (TPSA) is 93.5 Å². The lowest BCUT2D eigenvalue weighted by Gasteiger charge is -2.22. The van der Waals surface area contributed by atoms with Crippen LogP contribution in [0.2, 0.25) is 0 Å². The zero-order valence-electron chi connectivity index (χ0n) is 17.7. The lowest BCUT2D eigenvalue weighted by atomic mass is 9.88. The van der Waals surface area contributed by atoms with Crippen molar-refractivity contribution in [1.82, 2.24) is 9.78 Å². The molecule has 2 aromatic rings. The van der Waals surface area contributed by atoms with E-state index in [4.69, 9.17) is 4.74 Å². The average Bonchev–Trinajstić information content (AvgIpc) is 3.11. The smallest absolute Gasteiger partial charge is 0.343 e. The van der Waals surface area contributed by atoms with Crippen molar-refractivity contribution in [2.75, 3.05) is 16.8 Å². The van der Waals surface area contributed by atoms with Crippen LogP contribution in [0.25, 0.3) is 0 Å². The van der Waals surface area contributed by atoms with Crippen LogP contribution in [-0.4, -0.2) is 34.2 Å². The molecule has 1 fully saturated rings. The Balaban J connectivity index is 1.81. The van der Waals surface area contributed by atoms with Gasteiger partial charge in [-0.1, -0.05) is 19.3 Å². The molecule has 3 rings (SSSR count). The van der Waals surface area contributed by atoms with E-state index < -0.39 is 5.97 Å². The van der Waals surface area contributed by atoms with Gasteiger partial charge in [0.1, 0.15) is 5.56 Å². The first kappa shape index (κ1) is 21.5. The molecule has 8 heteroatoms. The minimum Gasteiger partial charge on any atom is -0.462 e. The molecule has 0 radical (unpaired) electrons. The van der Waals surface area contributed by atoms with E-state index >= 15 is 0 Å². The fourth-order valence-corrected chi connectivity index (χ4v) is 3.75. The number of hydrogen-bond donors (Lipinski definition) is 1. The number of hydrogen-bond acceptors (Lipinski definition) is 5. The summed E-state index contributed by atoms with van der Waals surface area (Å²) < 4.78 is 6.56. The third kappa shape index (κ3) is 4.87. The highest BCUT2D eigenvalue weighted by Crippen LogP contribution is 2.30. The van der Waals surface area contributed by atoms with Gasteiger partial charge in [-0.25, -0.2) is 4.79 Å². The normalized spacial score (nSPS) is 14.2. The van der Waals surface area contributed by atoms with E-state index in [-0.39, 0.29) is 35.7 Å². The van der Waals surface area contributed by atoms with Crippen LogP contribution < -0.4 is 10.2 Å². The highest BCUT2D eigenvalue weighted by Gasteiger charge is 2.26. The maximum Gasteiger partial charge on any atom is 0.343 e. The second-order valence-electron chi connectivity index (χ2n) is 7.49. The van der Waals surface area contributed by atoms with Crippen molar-refractivity contribution >= 4 is 35.0 Å². The van der Waals surface area contributed by atoms with Crippen LogP contribution in [0.3, 0.4) is 0 Å². The van der Waals surface area contributed by atoms with Crippen molar-refractivity contribution in [1.29, 1.82) is 0 Å². The van der Waals surface area contributed by atoms with Gasteiger partial charge in [0.25, 0.3) is 0 Å². The molecule has 160 valence electrons. The van der Waals surface area contributed by atoms with Crippen molar-refractivity contribution in [2.24, 2.45) is 13.0 Å². The average molecular weight is 412 g/mol. The molecule has 2 amide bonds. The van der Waals surface area contributed by atoms with Crippen molar-refractivity contribution < 1.29 is 19.1 Å². The molecule has 1 aliphatic rings. The van der Waals surface area contributed by atoms with Crippen LogP contribution in [0, 0.1) is 5.92 Å². The lowest BCUT2D eigenvalue weighted by Crippen LogP contribution is -2.26. The number of aromatic nitrogens is 2. The maximum atomic E-state index is 12.5. The second-order valence-corrected chi connectivity index (χ2v) is 7.49. The third-order valence-electron chi connectivity index (χ3n) is 5.20. The van der Waals surface area contributed by atoms with Gasteiger partial charge in [0.15, 0.2) is 5.82 Å². The predicted molar refractivity (Wildman–Crippen MR) is 114 cm³/mol. The first-order chi connectivity index (χ1) is 14.4. The molecule has 1 heterocycles. The molecule has 0 spiro atoms. The van der Waals surface area contributed by atoms with Crippen LogP contribution >= 0.6 is 0 Å². The quantitative estimate of drug-likeness (QED) is 0.729. The largest absolute Gasteiger partial charge is 0.462 e. The number of aryl methyl sites for hydroxylation is 1. The number of carbonyl (C=O) groups excluding carboxylic acids is 3. The van der Waals surface area contributed by atoms with Gasteiger partial charge >= 0.3 is 5.97 Å². The van der Waals surface area contributed by atoms with Crippen molar-refractivity contribution in [3.63, 3.8) is 0 Å². The molecule has 0 bridgehead atoms. The van der Waals surface area contributed by atoms with Crippen LogP contribution in [0.15, 0.2) is 30.5 Å². The summed E-state index contributed by atoms with van der Waals surface area (Å²) in [6, 6.07) is 6.95. The highest BCUT2D eigenvalue weighted by molar-refractivity contribution is 6.05. The zero-order valence-corrected chi connectivity index (χ0v) is 17.7. The van der Waals surface area contributed by atoms with E-state index in [2.05, 4.69) is 10.4 Å². The summed E-state index contributed by atoms with van der Waals surface area (Å²) in [6.45, 7) is 3.35. The molecule has 8 nitrogen and oxygen atoms in total. The third-order valence-corrected chi connectivity index (χ3v) is 5.20. The number of nitrogens with one attached hydrogen (secondary N) is 1. The minimum absolute atomic E-state index is 0.0418. The second kappa shape index (κ2) is 9.56. The molecule has 1 saturated carbocycles. The van der Waals surface area contributed by atoms with Gasteiger partial charge in [0, 0.05) is 31.8 Å². The Morgan fingerprint density at radius 3 is 2.43 bits per heavy atom. The number of amides is 2. The minimum atomic E-state index is -0.539. The van der Waals surface area contributed by atoms with Crippen molar-refractivity contribution in [3.8, 4) is 0 Å². The van der Waals surface area contributed by atoms with Gasteiger partial charge < -0.3 is 10.1 Å². The molecule has 0 aliphatic heterocycles. The molecule has 1 aromatic carbocycles. The molecule has 0 saturated heterocycles. The molecule has 1 N–H and O–H groups in total. The van der Waals surface area contributed by atoms with E-state index in [1.54, 1.807) is 38.2 Å². The van der Waals surface area contributed by atoms with Crippen molar-refractivity contribution in [3.05, 3.63) is 36.0 Å². The maximum absolute atomic E-state index is 12.5. The SMILES string of the molecule is CCOC(=O)c1cn(C)nc1N(C(C)=O)c1ccc(NC(=O)C2CCCCC2)cc1. The summed E-state index contributed by atoms with van der Waals surface area (Å²) in [5.41, 5.74) is 1.43. The monoisotopic (exact) mass is 412 g/mol. The predicted octanol–water partition coefficient (Wildman–Crippen LogP) is 3.80. The number of esters is 1. The summed E-state index contributed by atoms with van der Waals surface area (Å²) in [6.07, 6.45) is 6.77. The Bertz CT molecular complexity index is 914. The lowest BCUT2D eigenvalue weighted by molar-refractivity contribution is -0.120. The van der Waals surface area contributed by atoms with Crippen LogP contribution in [0.4, 0.5) is 17.2 Å². The van der Waals surface area contributed by atoms with E-state index in [1.165, 1.54) is 29.1 Å². The highest BCUT2D eigenvalue weighted by atomic mass is 16.5. The van der Waals surface area contributed by atoms with Gasteiger partial charge in [0.2, 0.25) is 11.8 Å². The Labute approximate surface area is 176 Å². The van der Waals surface area contributed by atoms with Gasteiger partial charge in [0.05, 0.1) is 12.3 Å². The van der Waals surface area contributed by atoms with E-state index in [9.17, 15) is 14.4 Å². The van der Waals surface area contributed by atoms with E-state index in [0.29, 0.717) is 11.4 Å². The molecule has 0 atom stereocenters. The molecular weight excluding hydrogens is 384 g/mol. The summed E-state index contributed by atoms with van der Waals surface area (Å²) >= 11 is 0. The molecular formula is C22H28N4O4. The standard InChI is InChI=1S/C22H28N4O4/c1-4-30-22(29)19-14-25(3)24-20(19)26(15(2)27)18-12-10-17(11-13-18)23-21(28)16-8-6-5-7-9-16/h10-14,16H,4-9H2,1-3H3,(H,23,28). The number of anilines is 3. The van der Waals surface area contributed by atoms with Crippen LogP contribution in [0.5, 0.6) is 0 Å². The number of benzene rings is 1. The fraction of sp³-hybridized carbons (Fsp3) is 0.455. The summed E-state index contributed by atoms with van der Waals surface area (Å²) in [5, 5.41) is 7.26. The number of rotatable bonds is 6. The van der Waals surface area contributed by atoms with E-state index in [0.717, 1.165) is 25.7 Å². The zero-order chi connectivity index (χ0) is 21.7. The summed E-state index contributed by atoms with van der Waals surface area (Å²) in [7, 11) is 1.68. The van der Waals surface area contributed by atoms with Gasteiger partial charge in [-0.3, -0.25) is 19.2 Å². The first-order valence-electron chi connectivity index (χ1n) is 10.3. The fourth-order valence-electron chi connectivity index (χ4n) is 3.75. The molecule has 1 aliphatic carbocycles. The Hall–Kier alpha value is -3.16. The van der Waals surface area contributed by atoms with Gasteiger partial charge in [-0.05, 0) is 44.0 Å². The Morgan fingerprint density at radius 1 is 1.17 bits per heavy atom. The molecule has 1 aromatic heterocycles. The molecule has 30 heavy (non-hydrogen) atoms. The Morgan fingerprint density at radius 2 is 1.83 bits per heavy atom. The Kier molecular flexibility index (Phi) is 6.87. The number of carbonyl (C=O) groups is 3. The summed E-state index contributed by atoms with van der Waals surface area (Å²) in [4.78, 5) is 38.5. The number of ether oxygens (including phenoxy) is 1. The first-order valence-corrected chi connectivity index (χ1v) is 10.3. The summed E-state index contributed by atoms with van der Waals surface area (Å²) in [5.74, 6) is -0.517. The van der Waals surface area contributed by atoms with Gasteiger partial charge in [-0.15, -0.1) is 0 Å².